The first kappa shape index (κ1) is 14.1. The summed E-state index contributed by atoms with van der Waals surface area (Å²) in [4.78, 5) is 16.1. The van der Waals surface area contributed by atoms with Crippen LogP contribution in [0.4, 0.5) is 11.5 Å². The van der Waals surface area contributed by atoms with Crippen LogP contribution in [0.25, 0.3) is 22.3 Å². The fourth-order valence-electron chi connectivity index (χ4n) is 2.47. The molecule has 0 amide bonds. The molecule has 0 unspecified atom stereocenters. The third-order valence-electron chi connectivity index (χ3n) is 3.77. The molecule has 0 aliphatic heterocycles. The van der Waals surface area contributed by atoms with Gasteiger partial charge in [-0.05, 0) is 35.5 Å². The lowest BCUT2D eigenvalue weighted by Crippen LogP contribution is -2.15. The Labute approximate surface area is 136 Å². The van der Waals surface area contributed by atoms with Gasteiger partial charge in [0, 0.05) is 42.0 Å². The van der Waals surface area contributed by atoms with Crippen LogP contribution in [0, 0.1) is 0 Å². The molecule has 0 radical (unpaired) electrons. The van der Waals surface area contributed by atoms with Crippen molar-refractivity contribution < 1.29 is 0 Å². The van der Waals surface area contributed by atoms with E-state index in [4.69, 9.17) is 0 Å². The van der Waals surface area contributed by atoms with Crippen molar-refractivity contribution in [3.05, 3.63) is 59.0 Å². The van der Waals surface area contributed by atoms with Crippen LogP contribution in [0.15, 0.2) is 53.5 Å². The van der Waals surface area contributed by atoms with Crippen LogP contribution in [-0.2, 0) is 7.05 Å². The van der Waals surface area contributed by atoms with Gasteiger partial charge < -0.3 is 9.88 Å². The van der Waals surface area contributed by atoms with Gasteiger partial charge in [0.05, 0.1) is 5.52 Å². The molecule has 4 rings (SSSR count). The third-order valence-corrected chi connectivity index (χ3v) is 3.77. The van der Waals surface area contributed by atoms with E-state index in [0.717, 1.165) is 22.2 Å². The highest BCUT2D eigenvalue weighted by Gasteiger charge is 2.05. The molecule has 0 aliphatic rings. The quantitative estimate of drug-likeness (QED) is 0.597. The van der Waals surface area contributed by atoms with Gasteiger partial charge >= 0.3 is 0 Å². The van der Waals surface area contributed by atoms with Crippen molar-refractivity contribution in [2.45, 2.75) is 0 Å². The lowest BCUT2D eigenvalue weighted by atomic mass is 10.2. The number of rotatable bonds is 3. The molecule has 0 spiro atoms. The number of hydrogen-bond acceptors (Lipinski definition) is 6. The maximum Gasteiger partial charge on any atom is 0.250 e. The molecule has 0 aliphatic carbocycles. The molecule has 3 aromatic heterocycles. The molecule has 3 heterocycles. The lowest BCUT2D eigenvalue weighted by molar-refractivity contribution is 0.881. The van der Waals surface area contributed by atoms with Gasteiger partial charge in [-0.15, -0.1) is 10.2 Å². The summed E-state index contributed by atoms with van der Waals surface area (Å²) < 4.78 is 1.60. The number of anilines is 2. The Morgan fingerprint density at radius 3 is 2.71 bits per heavy atom. The second kappa shape index (κ2) is 5.58. The highest BCUT2D eigenvalue weighted by Crippen LogP contribution is 2.21. The maximum atomic E-state index is 11.8. The van der Waals surface area contributed by atoms with Crippen molar-refractivity contribution in [1.29, 1.82) is 0 Å². The molecule has 0 saturated heterocycles. The van der Waals surface area contributed by atoms with E-state index in [2.05, 4.69) is 30.9 Å². The Balaban J connectivity index is 1.64. The Morgan fingerprint density at radius 2 is 1.96 bits per heavy atom. The molecule has 8 heteroatoms. The van der Waals surface area contributed by atoms with Crippen LogP contribution in [0.5, 0.6) is 0 Å². The zero-order chi connectivity index (χ0) is 16.5. The molecule has 0 atom stereocenters. The number of pyridine rings is 2. The van der Waals surface area contributed by atoms with Crippen LogP contribution in [0.3, 0.4) is 0 Å². The molecule has 8 nitrogen and oxygen atoms in total. The van der Waals surface area contributed by atoms with E-state index in [-0.39, 0.29) is 5.56 Å². The van der Waals surface area contributed by atoms with Crippen LogP contribution in [0.2, 0.25) is 0 Å². The first-order chi connectivity index (χ1) is 11.7. The summed E-state index contributed by atoms with van der Waals surface area (Å²) >= 11 is 0. The van der Waals surface area contributed by atoms with E-state index in [0.29, 0.717) is 11.6 Å². The topological polar surface area (TPSA) is 101 Å². The molecule has 24 heavy (non-hydrogen) atoms. The highest BCUT2D eigenvalue weighted by atomic mass is 16.1. The minimum Gasteiger partial charge on any atom is -0.340 e. The summed E-state index contributed by atoms with van der Waals surface area (Å²) in [6, 6.07) is 12.8. The Morgan fingerprint density at radius 1 is 1.12 bits per heavy atom. The van der Waals surface area contributed by atoms with E-state index < -0.39 is 0 Å². The van der Waals surface area contributed by atoms with Crippen molar-refractivity contribution >= 4 is 22.4 Å². The molecule has 0 saturated carbocycles. The minimum atomic E-state index is -0.0517. The van der Waals surface area contributed by atoms with Crippen LogP contribution < -0.4 is 10.9 Å². The van der Waals surface area contributed by atoms with E-state index >= 15 is 0 Å². The van der Waals surface area contributed by atoms with Gasteiger partial charge in [0.15, 0.2) is 0 Å². The summed E-state index contributed by atoms with van der Waals surface area (Å²) in [5.41, 5.74) is 2.51. The zero-order valence-corrected chi connectivity index (χ0v) is 12.8. The normalized spacial score (nSPS) is 10.9. The summed E-state index contributed by atoms with van der Waals surface area (Å²) in [5.74, 6) is 1.20. The number of nitrogens with zero attached hydrogens (tertiary/aromatic N) is 5. The van der Waals surface area contributed by atoms with E-state index in [9.17, 15) is 4.79 Å². The number of fused-ring (bicyclic) bond motifs is 1. The van der Waals surface area contributed by atoms with Gasteiger partial charge in [-0.1, -0.05) is 0 Å². The first-order valence-electron chi connectivity index (χ1n) is 7.27. The zero-order valence-electron chi connectivity index (χ0n) is 12.8. The van der Waals surface area contributed by atoms with Crippen LogP contribution in [-0.4, -0.2) is 30.2 Å². The first-order valence-corrected chi connectivity index (χ1v) is 7.27. The van der Waals surface area contributed by atoms with Gasteiger partial charge in [0.2, 0.25) is 5.82 Å². The SMILES string of the molecule is Cn1c(=O)ccc2cnc(Nc3ccc(-c4nn[nH]n4)cc3)cc21. The largest absolute Gasteiger partial charge is 0.340 e. The average Bonchev–Trinajstić information content (AvgIpc) is 3.14. The Kier molecular flexibility index (Phi) is 3.27. The van der Waals surface area contributed by atoms with E-state index in [1.165, 1.54) is 6.07 Å². The number of H-pyrrole nitrogens is 1. The van der Waals surface area contributed by atoms with E-state index in [1.807, 2.05) is 30.3 Å². The molecule has 0 fully saturated rings. The molecular formula is C16H13N7O. The summed E-state index contributed by atoms with van der Waals surface area (Å²) in [6.07, 6.45) is 1.74. The number of aromatic nitrogens is 6. The Bertz CT molecular complexity index is 1050. The molecule has 4 aromatic rings. The predicted molar refractivity (Wildman–Crippen MR) is 89.9 cm³/mol. The van der Waals surface area contributed by atoms with Crippen molar-refractivity contribution in [1.82, 2.24) is 30.2 Å². The van der Waals surface area contributed by atoms with Gasteiger partial charge in [-0.2, -0.15) is 5.21 Å². The van der Waals surface area contributed by atoms with Crippen molar-refractivity contribution in [3.63, 3.8) is 0 Å². The van der Waals surface area contributed by atoms with E-state index in [1.54, 1.807) is 23.9 Å². The Hall–Kier alpha value is -3.55. The predicted octanol–water partition coefficient (Wildman–Crippen LogP) is 1.86. The minimum absolute atomic E-state index is 0.0517. The van der Waals surface area contributed by atoms with Gasteiger partial charge in [-0.25, -0.2) is 4.98 Å². The standard InChI is InChI=1S/C16H13N7O/c1-23-13-8-14(17-9-11(13)4-7-15(23)24)18-12-5-2-10(3-6-12)16-19-21-22-20-16/h2-9H,1H3,(H,17,18)(H,19,20,21,22). The summed E-state index contributed by atoms with van der Waals surface area (Å²) in [6.45, 7) is 0. The second-order valence-electron chi connectivity index (χ2n) is 5.30. The van der Waals surface area contributed by atoms with Crippen molar-refractivity contribution in [2.75, 3.05) is 5.32 Å². The fourth-order valence-corrected chi connectivity index (χ4v) is 2.47. The van der Waals surface area contributed by atoms with Gasteiger partial charge in [0.25, 0.3) is 5.56 Å². The number of tetrazole rings is 1. The second-order valence-corrected chi connectivity index (χ2v) is 5.30. The third kappa shape index (κ3) is 2.50. The molecular weight excluding hydrogens is 306 g/mol. The smallest absolute Gasteiger partial charge is 0.250 e. The van der Waals surface area contributed by atoms with Crippen molar-refractivity contribution in [2.24, 2.45) is 7.05 Å². The monoisotopic (exact) mass is 319 g/mol. The summed E-state index contributed by atoms with van der Waals surface area (Å²) in [5, 5.41) is 18.0. The lowest BCUT2D eigenvalue weighted by Gasteiger charge is -2.09. The van der Waals surface area contributed by atoms with Gasteiger partial charge in [-0.3, -0.25) is 4.79 Å². The molecule has 1 aromatic carbocycles. The highest BCUT2D eigenvalue weighted by molar-refractivity contribution is 5.81. The molecule has 118 valence electrons. The van der Waals surface area contributed by atoms with Crippen LogP contribution >= 0.6 is 0 Å². The number of nitrogens with one attached hydrogen (secondary N) is 2. The number of aryl methyl sites for hydroxylation is 1. The number of hydrogen-bond donors (Lipinski definition) is 2. The van der Waals surface area contributed by atoms with Gasteiger partial charge in [0.1, 0.15) is 5.82 Å². The van der Waals surface area contributed by atoms with Crippen LogP contribution in [0.1, 0.15) is 0 Å². The summed E-state index contributed by atoms with van der Waals surface area (Å²) in [7, 11) is 1.74. The number of benzene rings is 1. The molecule has 0 bridgehead atoms. The fraction of sp³-hybridized carbons (Fsp3) is 0.0625. The maximum absolute atomic E-state index is 11.8. The van der Waals surface area contributed by atoms with Crippen molar-refractivity contribution in [3.8, 4) is 11.4 Å². The average molecular weight is 319 g/mol. The number of aromatic amines is 1. The molecule has 2 N–H and O–H groups in total.